The molecule has 0 saturated heterocycles. The highest BCUT2D eigenvalue weighted by atomic mass is 79.9. The normalized spacial score (nSPS) is 17.3. The molecule has 0 bridgehead atoms. The van der Waals surface area contributed by atoms with Crippen molar-refractivity contribution in [2.45, 2.75) is 37.2 Å². The molecule has 0 spiro atoms. The van der Waals surface area contributed by atoms with E-state index in [0.717, 1.165) is 4.31 Å². The van der Waals surface area contributed by atoms with Gasteiger partial charge >= 0.3 is 0 Å². The van der Waals surface area contributed by atoms with Gasteiger partial charge in [0.25, 0.3) is 21.8 Å². The topological polar surface area (TPSA) is 74.8 Å². The van der Waals surface area contributed by atoms with E-state index in [1.165, 1.54) is 29.2 Å². The number of nitrogens with zero attached hydrogens (tertiary/aromatic N) is 2. The molecule has 6 nitrogen and oxygen atoms in total. The van der Waals surface area contributed by atoms with E-state index in [-0.39, 0.29) is 28.6 Å². The Morgan fingerprint density at radius 2 is 1.97 bits per heavy atom. The Balaban J connectivity index is 1.65. The van der Waals surface area contributed by atoms with Crippen LogP contribution in [-0.2, 0) is 16.6 Å². The largest absolute Gasteiger partial charge is 0.334 e. The monoisotopic (exact) mass is 480 g/mol. The zero-order chi connectivity index (χ0) is 20.9. The summed E-state index contributed by atoms with van der Waals surface area (Å²) in [6, 6.07) is 8.30. The molecule has 29 heavy (non-hydrogen) atoms. The van der Waals surface area contributed by atoms with Gasteiger partial charge in [-0.25, -0.2) is 17.1 Å². The number of fused-ring (bicyclic) bond motifs is 1. The Hall–Kier alpha value is -2.26. The first-order valence-electron chi connectivity index (χ1n) is 9.20. The Bertz CT molecular complexity index is 1130. The molecule has 1 aliphatic heterocycles. The quantitative estimate of drug-likeness (QED) is 0.655. The van der Waals surface area contributed by atoms with Gasteiger partial charge in [-0.3, -0.25) is 9.59 Å². The van der Waals surface area contributed by atoms with Gasteiger partial charge in [0.15, 0.2) is 0 Å². The maximum Gasteiger partial charge on any atom is 0.269 e. The van der Waals surface area contributed by atoms with Crippen LogP contribution in [0.4, 0.5) is 4.39 Å². The first-order valence-corrected chi connectivity index (χ1v) is 11.4. The third-order valence-electron chi connectivity index (χ3n) is 5.11. The van der Waals surface area contributed by atoms with Crippen LogP contribution in [-0.4, -0.2) is 42.0 Å². The van der Waals surface area contributed by atoms with Crippen LogP contribution in [0.15, 0.2) is 45.8 Å². The van der Waals surface area contributed by atoms with Gasteiger partial charge in [0, 0.05) is 34.7 Å². The molecular weight excluding hydrogens is 463 g/mol. The van der Waals surface area contributed by atoms with E-state index < -0.39 is 27.7 Å². The Morgan fingerprint density at radius 1 is 1.24 bits per heavy atom. The fourth-order valence-electron chi connectivity index (χ4n) is 3.43. The van der Waals surface area contributed by atoms with Gasteiger partial charge in [-0.1, -0.05) is 15.9 Å². The summed E-state index contributed by atoms with van der Waals surface area (Å²) >= 11 is 3.29. The van der Waals surface area contributed by atoms with E-state index in [4.69, 9.17) is 0 Å². The summed E-state index contributed by atoms with van der Waals surface area (Å²) in [4.78, 5) is 26.8. The number of sulfonamides is 1. The Labute approximate surface area is 176 Å². The predicted molar refractivity (Wildman–Crippen MR) is 107 cm³/mol. The summed E-state index contributed by atoms with van der Waals surface area (Å²) in [5, 5.41) is 0. The van der Waals surface area contributed by atoms with E-state index in [9.17, 15) is 22.4 Å². The molecule has 1 heterocycles. The SMILES string of the molecule is CCN(Cc1cc(Br)ccc1F)C(=O)c1ccc2c(c1)S(=O)(=O)N(C1CC1)C2=O. The summed E-state index contributed by atoms with van der Waals surface area (Å²) in [5.74, 6) is -1.39. The van der Waals surface area contributed by atoms with Gasteiger partial charge in [0.05, 0.1) is 5.56 Å². The van der Waals surface area contributed by atoms with Gasteiger partial charge in [0.1, 0.15) is 10.7 Å². The second kappa shape index (κ2) is 7.21. The first-order chi connectivity index (χ1) is 13.7. The molecule has 0 atom stereocenters. The molecule has 0 radical (unpaired) electrons. The molecule has 2 aliphatic rings. The number of amides is 2. The smallest absolute Gasteiger partial charge is 0.269 e. The third kappa shape index (κ3) is 3.46. The number of halogens is 2. The fraction of sp³-hybridized carbons (Fsp3) is 0.300. The molecule has 0 aromatic heterocycles. The summed E-state index contributed by atoms with van der Waals surface area (Å²) in [6.45, 7) is 2.11. The van der Waals surface area contributed by atoms with Gasteiger partial charge in [-0.15, -0.1) is 0 Å². The van der Waals surface area contributed by atoms with Crippen molar-refractivity contribution in [3.63, 3.8) is 0 Å². The standard InChI is InChI=1S/C20H18BrFN2O4S/c1-2-23(11-13-9-14(21)4-8-17(13)22)19(25)12-3-7-16-18(10-12)29(27,28)24(20(16)26)15-5-6-15/h3-4,7-10,15H,2,5-6,11H2,1H3. The number of carbonyl (C=O) groups excluding carboxylic acids is 2. The molecule has 0 unspecified atom stereocenters. The lowest BCUT2D eigenvalue weighted by Gasteiger charge is -2.21. The Kier molecular flexibility index (Phi) is 4.98. The van der Waals surface area contributed by atoms with Crippen molar-refractivity contribution in [2.24, 2.45) is 0 Å². The summed E-state index contributed by atoms with van der Waals surface area (Å²) in [7, 11) is -3.95. The minimum atomic E-state index is -3.95. The van der Waals surface area contributed by atoms with Crippen molar-refractivity contribution in [3.05, 3.63) is 63.4 Å². The van der Waals surface area contributed by atoms with Crippen molar-refractivity contribution in [2.75, 3.05) is 6.54 Å². The lowest BCUT2D eigenvalue weighted by Crippen LogP contribution is -2.32. The summed E-state index contributed by atoms with van der Waals surface area (Å²) < 4.78 is 41.3. The molecule has 1 aliphatic carbocycles. The number of rotatable bonds is 5. The van der Waals surface area contributed by atoms with Gasteiger partial charge < -0.3 is 4.90 Å². The zero-order valence-electron chi connectivity index (χ0n) is 15.6. The molecule has 2 aromatic rings. The van der Waals surface area contributed by atoms with E-state index in [0.29, 0.717) is 29.4 Å². The predicted octanol–water partition coefficient (Wildman–Crippen LogP) is 3.56. The van der Waals surface area contributed by atoms with Crippen molar-refractivity contribution in [3.8, 4) is 0 Å². The molecule has 4 rings (SSSR count). The summed E-state index contributed by atoms with van der Waals surface area (Å²) in [6.07, 6.45) is 1.32. The van der Waals surface area contributed by atoms with Crippen LogP contribution in [0, 0.1) is 5.82 Å². The van der Waals surface area contributed by atoms with E-state index in [2.05, 4.69) is 15.9 Å². The average molecular weight is 481 g/mol. The second-order valence-electron chi connectivity index (χ2n) is 7.10. The van der Waals surface area contributed by atoms with Crippen molar-refractivity contribution >= 4 is 37.8 Å². The van der Waals surface area contributed by atoms with Crippen LogP contribution >= 0.6 is 15.9 Å². The van der Waals surface area contributed by atoms with E-state index >= 15 is 0 Å². The lowest BCUT2D eigenvalue weighted by molar-refractivity contribution is 0.0749. The van der Waals surface area contributed by atoms with Crippen LogP contribution in [0.3, 0.4) is 0 Å². The highest BCUT2D eigenvalue weighted by Crippen LogP contribution is 2.39. The van der Waals surface area contributed by atoms with Crippen molar-refractivity contribution in [1.29, 1.82) is 0 Å². The molecule has 0 N–H and O–H groups in total. The molecule has 152 valence electrons. The molecule has 9 heteroatoms. The lowest BCUT2D eigenvalue weighted by atomic mass is 10.1. The fourth-order valence-corrected chi connectivity index (χ4v) is 5.68. The van der Waals surface area contributed by atoms with E-state index in [1.54, 1.807) is 19.1 Å². The minimum absolute atomic E-state index is 0.0393. The average Bonchev–Trinajstić information content (AvgIpc) is 3.49. The maximum absolute atomic E-state index is 14.1. The maximum atomic E-state index is 14.1. The summed E-state index contributed by atoms with van der Waals surface area (Å²) in [5.41, 5.74) is 0.586. The van der Waals surface area contributed by atoms with Crippen molar-refractivity contribution in [1.82, 2.24) is 9.21 Å². The highest BCUT2D eigenvalue weighted by Gasteiger charge is 2.48. The number of benzene rings is 2. The zero-order valence-corrected chi connectivity index (χ0v) is 18.0. The van der Waals surface area contributed by atoms with Gasteiger partial charge in [0.2, 0.25) is 0 Å². The molecular formula is C20H18BrFN2O4S. The van der Waals surface area contributed by atoms with Crippen molar-refractivity contribution < 1.29 is 22.4 Å². The highest BCUT2D eigenvalue weighted by molar-refractivity contribution is 9.10. The third-order valence-corrected chi connectivity index (χ3v) is 7.48. The van der Waals surface area contributed by atoms with Gasteiger partial charge in [-0.05, 0) is 56.2 Å². The minimum Gasteiger partial charge on any atom is -0.334 e. The van der Waals surface area contributed by atoms with Crippen LogP contribution in [0.25, 0.3) is 0 Å². The van der Waals surface area contributed by atoms with Crippen LogP contribution in [0.1, 0.15) is 46.0 Å². The molecule has 2 amide bonds. The first kappa shape index (κ1) is 20.0. The molecule has 1 fully saturated rings. The number of hydrogen-bond acceptors (Lipinski definition) is 4. The van der Waals surface area contributed by atoms with E-state index in [1.807, 2.05) is 0 Å². The van der Waals surface area contributed by atoms with Gasteiger partial charge in [-0.2, -0.15) is 0 Å². The number of carbonyl (C=O) groups is 2. The number of hydrogen-bond donors (Lipinski definition) is 0. The van der Waals surface area contributed by atoms with Crippen LogP contribution in [0.5, 0.6) is 0 Å². The Morgan fingerprint density at radius 3 is 2.62 bits per heavy atom. The second-order valence-corrected chi connectivity index (χ2v) is 9.80. The molecule has 1 saturated carbocycles. The molecule has 2 aromatic carbocycles. The van der Waals surface area contributed by atoms with Crippen LogP contribution in [0.2, 0.25) is 0 Å². The van der Waals surface area contributed by atoms with Crippen LogP contribution < -0.4 is 0 Å².